The first-order chi connectivity index (χ1) is 10.2. The quantitative estimate of drug-likeness (QED) is 0.846. The molecule has 3 nitrogen and oxygen atoms in total. The lowest BCUT2D eigenvalue weighted by Gasteiger charge is -2.07. The van der Waals surface area contributed by atoms with Gasteiger partial charge < -0.3 is 11.1 Å². The van der Waals surface area contributed by atoms with E-state index in [0.29, 0.717) is 6.54 Å². The molecule has 3 N–H and O–H groups in total. The maximum absolute atomic E-state index is 12.2. The molecule has 0 heterocycles. The Bertz CT molecular complexity index is 647. The zero-order valence-corrected chi connectivity index (χ0v) is 12.1. The predicted octanol–water partition coefficient (Wildman–Crippen LogP) is 2.73. The molecule has 1 amide bonds. The molecule has 0 atom stereocenters. The molecule has 3 heteroatoms. The minimum absolute atomic E-state index is 0.0140. The highest BCUT2D eigenvalue weighted by atomic mass is 16.1. The number of rotatable bonds is 4. The summed E-state index contributed by atoms with van der Waals surface area (Å²) in [5.74, 6) is 0.0140. The third-order valence-corrected chi connectivity index (χ3v) is 4.04. The molecule has 3 rings (SSSR count). The number of amides is 1. The topological polar surface area (TPSA) is 55.1 Å². The second-order valence-corrected chi connectivity index (χ2v) is 5.58. The van der Waals surface area contributed by atoms with Crippen LogP contribution in [0.3, 0.4) is 0 Å². The monoisotopic (exact) mass is 280 g/mol. The molecular weight excluding hydrogens is 260 g/mol. The van der Waals surface area contributed by atoms with E-state index < -0.39 is 0 Å². The molecule has 0 bridgehead atoms. The molecule has 0 aliphatic heterocycles. The Hall–Kier alpha value is -2.29. The van der Waals surface area contributed by atoms with E-state index in [0.717, 1.165) is 30.5 Å². The summed E-state index contributed by atoms with van der Waals surface area (Å²) in [4.78, 5) is 12.2. The van der Waals surface area contributed by atoms with Crippen LogP contribution >= 0.6 is 0 Å². The molecule has 0 aromatic heterocycles. The molecule has 1 aliphatic rings. The van der Waals surface area contributed by atoms with Crippen molar-refractivity contribution >= 4 is 11.6 Å². The van der Waals surface area contributed by atoms with Crippen molar-refractivity contribution in [1.82, 2.24) is 5.32 Å². The van der Waals surface area contributed by atoms with Crippen LogP contribution in [0.5, 0.6) is 0 Å². The minimum atomic E-state index is 0.0140. The fourth-order valence-corrected chi connectivity index (χ4v) is 2.82. The number of anilines is 1. The van der Waals surface area contributed by atoms with Crippen LogP contribution in [-0.4, -0.2) is 12.5 Å². The lowest BCUT2D eigenvalue weighted by molar-refractivity contribution is 0.0954. The van der Waals surface area contributed by atoms with Crippen molar-refractivity contribution < 1.29 is 4.79 Å². The summed E-state index contributed by atoms with van der Waals surface area (Å²) in [6.07, 6.45) is 4.27. The Kier molecular flexibility index (Phi) is 3.91. The zero-order chi connectivity index (χ0) is 14.7. The molecule has 1 aliphatic carbocycles. The third kappa shape index (κ3) is 3.24. The summed E-state index contributed by atoms with van der Waals surface area (Å²) >= 11 is 0. The second-order valence-electron chi connectivity index (χ2n) is 5.58. The van der Waals surface area contributed by atoms with Crippen LogP contribution in [-0.2, 0) is 19.3 Å². The highest BCUT2D eigenvalue weighted by Gasteiger charge is 2.13. The van der Waals surface area contributed by atoms with Crippen LogP contribution < -0.4 is 11.1 Å². The van der Waals surface area contributed by atoms with Crippen LogP contribution in [0.4, 0.5) is 5.69 Å². The van der Waals surface area contributed by atoms with Gasteiger partial charge in [-0.15, -0.1) is 0 Å². The van der Waals surface area contributed by atoms with E-state index in [1.165, 1.54) is 23.1 Å². The molecule has 0 radical (unpaired) electrons. The largest absolute Gasteiger partial charge is 0.399 e. The maximum Gasteiger partial charge on any atom is 0.251 e. The number of nitrogen functional groups attached to an aromatic ring is 1. The van der Waals surface area contributed by atoms with Gasteiger partial charge in [0, 0.05) is 17.8 Å². The zero-order valence-electron chi connectivity index (χ0n) is 12.1. The van der Waals surface area contributed by atoms with E-state index in [4.69, 9.17) is 5.73 Å². The molecule has 0 unspecified atom stereocenters. The van der Waals surface area contributed by atoms with Gasteiger partial charge in [0.1, 0.15) is 0 Å². The van der Waals surface area contributed by atoms with Crippen molar-refractivity contribution in [1.29, 1.82) is 0 Å². The van der Waals surface area contributed by atoms with Gasteiger partial charge in [-0.3, -0.25) is 4.79 Å². The van der Waals surface area contributed by atoms with Gasteiger partial charge in [-0.05, 0) is 66.6 Å². The summed E-state index contributed by atoms with van der Waals surface area (Å²) in [7, 11) is 0. The molecule has 2 aromatic rings. The Labute approximate surface area is 125 Å². The fourth-order valence-electron chi connectivity index (χ4n) is 2.82. The Morgan fingerprint density at radius 3 is 2.62 bits per heavy atom. The number of carbonyl (C=O) groups excluding carboxylic acids is 1. The smallest absolute Gasteiger partial charge is 0.251 e. The van der Waals surface area contributed by atoms with Crippen LogP contribution in [0.1, 0.15) is 33.5 Å². The van der Waals surface area contributed by atoms with Gasteiger partial charge in [0.15, 0.2) is 0 Å². The van der Waals surface area contributed by atoms with Crippen molar-refractivity contribution in [3.05, 3.63) is 64.7 Å². The van der Waals surface area contributed by atoms with E-state index in [-0.39, 0.29) is 5.91 Å². The lowest BCUT2D eigenvalue weighted by Crippen LogP contribution is -2.25. The number of nitrogens with two attached hydrogens (primary N) is 1. The third-order valence-electron chi connectivity index (χ3n) is 4.04. The highest BCUT2D eigenvalue weighted by molar-refractivity contribution is 5.94. The summed E-state index contributed by atoms with van der Waals surface area (Å²) < 4.78 is 0. The van der Waals surface area contributed by atoms with Gasteiger partial charge in [0.25, 0.3) is 5.91 Å². The number of fused-ring (bicyclic) bond motifs is 1. The number of aryl methyl sites for hydroxylation is 2. The fraction of sp³-hybridized carbons (Fsp3) is 0.278. The average molecular weight is 280 g/mol. The van der Waals surface area contributed by atoms with Gasteiger partial charge in [-0.2, -0.15) is 0 Å². The first-order valence-electron chi connectivity index (χ1n) is 7.47. The number of hydrogen-bond donors (Lipinski definition) is 2. The molecule has 108 valence electrons. The van der Waals surface area contributed by atoms with Gasteiger partial charge in [-0.25, -0.2) is 0 Å². The molecule has 0 fully saturated rings. The molecule has 21 heavy (non-hydrogen) atoms. The number of nitrogens with one attached hydrogen (secondary N) is 1. The van der Waals surface area contributed by atoms with Crippen molar-refractivity contribution in [2.45, 2.75) is 25.7 Å². The van der Waals surface area contributed by atoms with E-state index in [1.54, 1.807) is 0 Å². The predicted molar refractivity (Wildman–Crippen MR) is 85.4 cm³/mol. The lowest BCUT2D eigenvalue weighted by atomic mass is 10.1. The number of carbonyl (C=O) groups is 1. The molecule has 0 saturated carbocycles. The molecular formula is C18H20N2O. The second kappa shape index (κ2) is 6.00. The number of hydrogen-bond acceptors (Lipinski definition) is 2. The van der Waals surface area contributed by atoms with Crippen molar-refractivity contribution in [3.63, 3.8) is 0 Å². The normalized spacial score (nSPS) is 13.0. The van der Waals surface area contributed by atoms with E-state index in [1.807, 2.05) is 36.4 Å². The first kappa shape index (κ1) is 13.7. The summed E-state index contributed by atoms with van der Waals surface area (Å²) in [5.41, 5.74) is 11.1. The van der Waals surface area contributed by atoms with Crippen LogP contribution in [0.15, 0.2) is 42.5 Å². The van der Waals surface area contributed by atoms with E-state index in [9.17, 15) is 4.79 Å². The van der Waals surface area contributed by atoms with E-state index in [2.05, 4.69) is 11.4 Å². The van der Waals surface area contributed by atoms with E-state index >= 15 is 0 Å². The Morgan fingerprint density at radius 1 is 1.05 bits per heavy atom. The van der Waals surface area contributed by atoms with Crippen molar-refractivity contribution in [3.8, 4) is 0 Å². The summed E-state index contributed by atoms with van der Waals surface area (Å²) in [6, 6.07) is 13.8. The molecule has 2 aromatic carbocycles. The minimum Gasteiger partial charge on any atom is -0.399 e. The highest BCUT2D eigenvalue weighted by Crippen LogP contribution is 2.22. The first-order valence-corrected chi connectivity index (χ1v) is 7.47. The van der Waals surface area contributed by atoms with Gasteiger partial charge >= 0.3 is 0 Å². The Balaban J connectivity index is 1.55. The van der Waals surface area contributed by atoms with Crippen molar-refractivity contribution in [2.24, 2.45) is 0 Å². The van der Waals surface area contributed by atoms with Crippen LogP contribution in [0.2, 0.25) is 0 Å². The van der Waals surface area contributed by atoms with Gasteiger partial charge in [0.2, 0.25) is 0 Å². The average Bonchev–Trinajstić information content (AvgIpc) is 2.96. The summed E-state index contributed by atoms with van der Waals surface area (Å²) in [5, 5.41) is 2.98. The SMILES string of the molecule is Nc1ccc(CCNC(=O)c2ccc3c(c2)CCC3)cc1. The van der Waals surface area contributed by atoms with Gasteiger partial charge in [0.05, 0.1) is 0 Å². The van der Waals surface area contributed by atoms with Crippen LogP contribution in [0, 0.1) is 0 Å². The molecule has 0 saturated heterocycles. The van der Waals surface area contributed by atoms with Crippen molar-refractivity contribution in [2.75, 3.05) is 12.3 Å². The molecule has 0 spiro atoms. The summed E-state index contributed by atoms with van der Waals surface area (Å²) in [6.45, 7) is 0.639. The Morgan fingerprint density at radius 2 is 1.81 bits per heavy atom. The van der Waals surface area contributed by atoms with Gasteiger partial charge in [-0.1, -0.05) is 18.2 Å². The number of benzene rings is 2. The maximum atomic E-state index is 12.2. The standard InChI is InChI=1S/C18H20N2O/c19-17-8-4-13(5-9-17)10-11-20-18(21)16-7-6-14-2-1-3-15(14)12-16/h4-9,12H,1-3,10-11,19H2,(H,20,21). The van der Waals surface area contributed by atoms with Crippen LogP contribution in [0.25, 0.3) is 0 Å².